The van der Waals surface area contributed by atoms with Crippen molar-refractivity contribution in [3.8, 4) is 0 Å². The van der Waals surface area contributed by atoms with Crippen LogP contribution >= 0.6 is 15.9 Å². The van der Waals surface area contributed by atoms with Gasteiger partial charge in [0.25, 0.3) is 0 Å². The molecule has 2 rings (SSSR count). The first kappa shape index (κ1) is 13.0. The molecule has 1 fully saturated rings. The quantitative estimate of drug-likeness (QED) is 0.925. The van der Waals surface area contributed by atoms with Crippen molar-refractivity contribution < 1.29 is 4.74 Å². The Kier molecular flexibility index (Phi) is 3.85. The molecule has 1 N–H and O–H groups in total. The smallest absolute Gasteiger partial charge is 0.153 e. The third-order valence-corrected chi connectivity index (χ3v) is 4.06. The van der Waals surface area contributed by atoms with Gasteiger partial charge in [-0.25, -0.2) is 4.68 Å². The van der Waals surface area contributed by atoms with E-state index in [1.54, 1.807) is 4.68 Å². The van der Waals surface area contributed by atoms with Gasteiger partial charge in [-0.3, -0.25) is 0 Å². The molecule has 0 spiro atoms. The number of likely N-dealkylation sites (N-methyl/N-ethyl adjacent to an activating group) is 1. The highest BCUT2D eigenvalue weighted by atomic mass is 79.9. The third kappa shape index (κ3) is 2.39. The summed E-state index contributed by atoms with van der Waals surface area (Å²) >= 11 is 3.46. The van der Waals surface area contributed by atoms with Crippen molar-refractivity contribution in [2.45, 2.75) is 37.8 Å². The van der Waals surface area contributed by atoms with Crippen LogP contribution in [0.25, 0.3) is 0 Å². The molecule has 6 heteroatoms. The van der Waals surface area contributed by atoms with Crippen LogP contribution in [-0.2, 0) is 11.8 Å². The first-order valence-electron chi connectivity index (χ1n) is 5.95. The lowest BCUT2D eigenvalue weighted by atomic mass is 9.86. The van der Waals surface area contributed by atoms with E-state index in [1.165, 1.54) is 6.42 Å². The van der Waals surface area contributed by atoms with Gasteiger partial charge in [0.05, 0.1) is 17.3 Å². The maximum atomic E-state index is 6.00. The summed E-state index contributed by atoms with van der Waals surface area (Å²) in [5, 5.41) is 11.4. The van der Waals surface area contributed by atoms with Gasteiger partial charge < -0.3 is 10.1 Å². The highest BCUT2D eigenvalue weighted by Crippen LogP contribution is 2.37. The molecule has 0 bridgehead atoms. The molecule has 0 radical (unpaired) electrons. The molecule has 1 saturated heterocycles. The maximum Gasteiger partial charge on any atom is 0.153 e. The molecule has 1 aliphatic rings. The van der Waals surface area contributed by atoms with Crippen LogP contribution in [0.4, 0.5) is 0 Å². The molecule has 2 unspecified atom stereocenters. The van der Waals surface area contributed by atoms with Crippen LogP contribution in [0.2, 0.25) is 0 Å². The first-order chi connectivity index (χ1) is 8.08. The number of hydrogen-bond donors (Lipinski definition) is 1. The van der Waals surface area contributed by atoms with Crippen LogP contribution in [0.1, 0.15) is 37.9 Å². The summed E-state index contributed by atoms with van der Waals surface area (Å²) in [6.45, 7) is 2.99. The molecular weight excluding hydrogens is 284 g/mol. The average Bonchev–Trinajstić information content (AvgIpc) is 2.63. The van der Waals surface area contributed by atoms with Crippen molar-refractivity contribution in [2.75, 3.05) is 13.7 Å². The second kappa shape index (κ2) is 5.04. The van der Waals surface area contributed by atoms with E-state index in [0.717, 1.165) is 29.7 Å². The summed E-state index contributed by atoms with van der Waals surface area (Å²) in [5.74, 6) is 0. The lowest BCUT2D eigenvalue weighted by Crippen LogP contribution is -2.45. The fraction of sp³-hybridized carbons (Fsp3) is 0.818. The topological polar surface area (TPSA) is 52.0 Å². The Labute approximate surface area is 110 Å². The second-order valence-electron chi connectivity index (χ2n) is 4.73. The minimum absolute atomic E-state index is 0.0946. The minimum atomic E-state index is -0.189. The molecule has 1 aliphatic heterocycles. The number of nitrogens with zero attached hydrogens (tertiary/aromatic N) is 3. The molecule has 1 aromatic rings. The van der Waals surface area contributed by atoms with Crippen LogP contribution < -0.4 is 5.32 Å². The lowest BCUT2D eigenvalue weighted by Gasteiger charge is -2.40. The van der Waals surface area contributed by atoms with Gasteiger partial charge in [-0.15, -0.1) is 5.10 Å². The Bertz CT molecular complexity index is 367. The number of nitrogens with one attached hydrogen (secondary N) is 1. The van der Waals surface area contributed by atoms with E-state index in [0.29, 0.717) is 0 Å². The second-order valence-corrected chi connectivity index (χ2v) is 5.48. The van der Waals surface area contributed by atoms with Gasteiger partial charge in [-0.05, 0) is 49.2 Å². The number of aromatic nitrogens is 3. The first-order valence-corrected chi connectivity index (χ1v) is 6.74. The van der Waals surface area contributed by atoms with E-state index in [9.17, 15) is 0 Å². The predicted octanol–water partition coefficient (Wildman–Crippen LogP) is 1.80. The van der Waals surface area contributed by atoms with Crippen molar-refractivity contribution >= 4 is 15.9 Å². The van der Waals surface area contributed by atoms with Gasteiger partial charge in [0, 0.05) is 13.7 Å². The largest absolute Gasteiger partial charge is 0.373 e. The molecular formula is C11H19BrN4O. The van der Waals surface area contributed by atoms with Crippen LogP contribution in [0.5, 0.6) is 0 Å². The zero-order valence-corrected chi connectivity index (χ0v) is 12.1. The summed E-state index contributed by atoms with van der Waals surface area (Å²) in [4.78, 5) is 0. The van der Waals surface area contributed by atoms with Gasteiger partial charge in [0.1, 0.15) is 0 Å². The molecule has 2 atom stereocenters. The molecule has 0 aliphatic carbocycles. The normalized spacial score (nSPS) is 27.1. The monoisotopic (exact) mass is 302 g/mol. The van der Waals surface area contributed by atoms with Gasteiger partial charge in [-0.1, -0.05) is 5.21 Å². The molecule has 96 valence electrons. The fourth-order valence-electron chi connectivity index (χ4n) is 2.56. The fourth-order valence-corrected chi connectivity index (χ4v) is 3.12. The Hall–Kier alpha value is -0.460. The van der Waals surface area contributed by atoms with E-state index in [4.69, 9.17) is 4.74 Å². The number of aryl methyl sites for hydroxylation is 1. The molecule has 0 amide bonds. The van der Waals surface area contributed by atoms with Crippen LogP contribution in [0.15, 0.2) is 4.60 Å². The van der Waals surface area contributed by atoms with Crippen molar-refractivity contribution in [2.24, 2.45) is 7.05 Å². The summed E-state index contributed by atoms with van der Waals surface area (Å²) in [6.07, 6.45) is 3.41. The highest BCUT2D eigenvalue weighted by molar-refractivity contribution is 9.10. The molecule has 1 aromatic heterocycles. The highest BCUT2D eigenvalue weighted by Gasteiger charge is 2.39. The molecule has 17 heavy (non-hydrogen) atoms. The van der Waals surface area contributed by atoms with Gasteiger partial charge in [0.2, 0.25) is 0 Å². The van der Waals surface area contributed by atoms with E-state index in [2.05, 4.69) is 38.5 Å². The maximum absolute atomic E-state index is 6.00. The number of halogens is 1. The van der Waals surface area contributed by atoms with Gasteiger partial charge in [-0.2, -0.15) is 0 Å². The van der Waals surface area contributed by atoms with Gasteiger partial charge >= 0.3 is 0 Å². The SMILES string of the molecule is CNC(c1c(Br)nnn1C)C1(C)CCCCO1. The zero-order valence-electron chi connectivity index (χ0n) is 10.5. The predicted molar refractivity (Wildman–Crippen MR) is 68.7 cm³/mol. The summed E-state index contributed by atoms with van der Waals surface area (Å²) in [6, 6.07) is 0.0946. The van der Waals surface area contributed by atoms with E-state index < -0.39 is 0 Å². The van der Waals surface area contributed by atoms with E-state index in [-0.39, 0.29) is 11.6 Å². The van der Waals surface area contributed by atoms with E-state index in [1.807, 2.05) is 14.1 Å². The summed E-state index contributed by atoms with van der Waals surface area (Å²) in [7, 11) is 3.86. The van der Waals surface area contributed by atoms with Crippen LogP contribution in [0, 0.1) is 0 Å². The Morgan fingerprint density at radius 1 is 1.53 bits per heavy atom. The average molecular weight is 303 g/mol. The summed E-state index contributed by atoms with van der Waals surface area (Å²) in [5.41, 5.74) is 0.849. The minimum Gasteiger partial charge on any atom is -0.373 e. The van der Waals surface area contributed by atoms with Gasteiger partial charge in [0.15, 0.2) is 4.60 Å². The molecule has 5 nitrogen and oxygen atoms in total. The van der Waals surface area contributed by atoms with E-state index >= 15 is 0 Å². The number of hydrogen-bond acceptors (Lipinski definition) is 4. The Morgan fingerprint density at radius 2 is 2.29 bits per heavy atom. The van der Waals surface area contributed by atoms with Crippen molar-refractivity contribution in [3.05, 3.63) is 10.3 Å². The molecule has 2 heterocycles. The number of rotatable bonds is 3. The third-order valence-electron chi connectivity index (χ3n) is 3.50. The summed E-state index contributed by atoms with van der Waals surface area (Å²) < 4.78 is 8.59. The van der Waals surface area contributed by atoms with Crippen LogP contribution in [0.3, 0.4) is 0 Å². The standard InChI is InChI=1S/C11H19BrN4O/c1-11(6-4-5-7-17-11)9(13-2)8-10(12)14-15-16(8)3/h9,13H,4-7H2,1-3H3. The Morgan fingerprint density at radius 3 is 2.76 bits per heavy atom. The number of ether oxygens (including phenoxy) is 1. The van der Waals surface area contributed by atoms with Crippen molar-refractivity contribution in [3.63, 3.8) is 0 Å². The Balaban J connectivity index is 2.32. The molecule has 0 aromatic carbocycles. The van der Waals surface area contributed by atoms with Crippen molar-refractivity contribution in [1.82, 2.24) is 20.3 Å². The molecule has 0 saturated carbocycles. The zero-order chi connectivity index (χ0) is 12.5. The van der Waals surface area contributed by atoms with Crippen molar-refractivity contribution in [1.29, 1.82) is 0 Å². The lowest BCUT2D eigenvalue weighted by molar-refractivity contribution is -0.0900. The van der Waals surface area contributed by atoms with Crippen LogP contribution in [-0.4, -0.2) is 34.2 Å².